The Morgan fingerprint density at radius 3 is 2.55 bits per heavy atom. The highest BCUT2D eigenvalue weighted by Crippen LogP contribution is 2.44. The highest BCUT2D eigenvalue weighted by atomic mass is 16.5. The number of carbonyl (C=O) groups is 1. The minimum atomic E-state index is -0.226. The summed E-state index contributed by atoms with van der Waals surface area (Å²) in [7, 11) is 0. The molecule has 4 rings (SSSR count). The molecule has 0 saturated carbocycles. The molecule has 1 saturated heterocycles. The van der Waals surface area contributed by atoms with Crippen molar-refractivity contribution in [1.82, 2.24) is 14.9 Å². The van der Waals surface area contributed by atoms with Gasteiger partial charge in [-0.2, -0.15) is 0 Å². The Bertz CT molecular complexity index is 909. The van der Waals surface area contributed by atoms with Crippen LogP contribution in [0.25, 0.3) is 0 Å². The second kappa shape index (κ2) is 8.83. The van der Waals surface area contributed by atoms with Gasteiger partial charge in [-0.3, -0.25) is 9.69 Å². The lowest BCUT2D eigenvalue weighted by atomic mass is 9.80. The van der Waals surface area contributed by atoms with Gasteiger partial charge in [0, 0.05) is 49.8 Å². The van der Waals surface area contributed by atoms with E-state index in [1.807, 2.05) is 24.0 Å². The van der Waals surface area contributed by atoms with Crippen LogP contribution in [-0.4, -0.2) is 65.6 Å². The number of hydrogen-bond donors (Lipinski definition) is 0. The number of rotatable bonds is 5. The fourth-order valence-electron chi connectivity index (χ4n) is 4.96. The Balaban J connectivity index is 1.47. The van der Waals surface area contributed by atoms with Crippen LogP contribution >= 0.6 is 0 Å². The molecule has 2 aliphatic heterocycles. The normalized spacial score (nSPS) is 21.0. The number of piperazine rings is 1. The second-order valence-electron chi connectivity index (χ2n) is 9.11. The van der Waals surface area contributed by atoms with E-state index in [4.69, 9.17) is 4.74 Å². The van der Waals surface area contributed by atoms with Crippen LogP contribution in [0.4, 0.5) is 11.6 Å². The number of ether oxygens (including phenoxy) is 1. The van der Waals surface area contributed by atoms with Crippen LogP contribution < -0.4 is 14.5 Å². The molecular formula is C24H33N5O2. The summed E-state index contributed by atoms with van der Waals surface area (Å²) in [5.41, 5.74) is 1.99. The number of carbonyl (C=O) groups excluding carboxylic acids is 1. The van der Waals surface area contributed by atoms with Gasteiger partial charge in [0.2, 0.25) is 11.9 Å². The first-order valence-electron chi connectivity index (χ1n) is 11.2. The Kier molecular flexibility index (Phi) is 6.14. The SMILES string of the molecule is CCOc1ccc2c(c1)C(C)CC(C)(C)N2C(=O)CN1CCN(c2ncccn2)CC1. The van der Waals surface area contributed by atoms with Crippen molar-refractivity contribution in [1.29, 1.82) is 0 Å². The molecule has 0 aliphatic carbocycles. The minimum absolute atomic E-state index is 0.159. The predicted molar refractivity (Wildman–Crippen MR) is 123 cm³/mol. The van der Waals surface area contributed by atoms with Gasteiger partial charge in [0.25, 0.3) is 0 Å². The summed E-state index contributed by atoms with van der Waals surface area (Å²) in [5, 5.41) is 0. The Morgan fingerprint density at radius 2 is 1.87 bits per heavy atom. The van der Waals surface area contributed by atoms with Gasteiger partial charge in [-0.25, -0.2) is 9.97 Å². The summed E-state index contributed by atoms with van der Waals surface area (Å²) in [6.45, 7) is 12.9. The summed E-state index contributed by atoms with van der Waals surface area (Å²) in [4.78, 5) is 28.7. The maximum Gasteiger partial charge on any atom is 0.241 e. The van der Waals surface area contributed by atoms with Crippen LogP contribution in [0.1, 0.15) is 45.6 Å². The van der Waals surface area contributed by atoms with Gasteiger partial charge in [-0.05, 0) is 62.9 Å². The zero-order valence-electron chi connectivity index (χ0n) is 19.0. The first-order chi connectivity index (χ1) is 14.9. The molecule has 1 atom stereocenters. The fourth-order valence-corrected chi connectivity index (χ4v) is 4.96. The first-order valence-corrected chi connectivity index (χ1v) is 11.2. The molecule has 1 unspecified atom stereocenters. The van der Waals surface area contributed by atoms with Crippen molar-refractivity contribution in [2.45, 2.75) is 45.6 Å². The van der Waals surface area contributed by atoms with Crippen LogP contribution in [0.2, 0.25) is 0 Å². The highest BCUT2D eigenvalue weighted by molar-refractivity contribution is 5.97. The average Bonchev–Trinajstić information content (AvgIpc) is 2.75. The lowest BCUT2D eigenvalue weighted by Crippen LogP contribution is -2.56. The van der Waals surface area contributed by atoms with Crippen molar-refractivity contribution in [2.24, 2.45) is 0 Å². The molecule has 1 aromatic heterocycles. The topological polar surface area (TPSA) is 61.8 Å². The molecule has 7 heteroatoms. The Labute approximate surface area is 185 Å². The number of anilines is 2. The fraction of sp³-hybridized carbons (Fsp3) is 0.542. The molecule has 1 amide bonds. The van der Waals surface area contributed by atoms with Gasteiger partial charge in [0.1, 0.15) is 5.75 Å². The van der Waals surface area contributed by atoms with Crippen LogP contribution in [0.3, 0.4) is 0 Å². The summed E-state index contributed by atoms with van der Waals surface area (Å²) < 4.78 is 5.71. The van der Waals surface area contributed by atoms with Gasteiger partial charge in [-0.15, -0.1) is 0 Å². The molecule has 0 radical (unpaired) electrons. The van der Waals surface area contributed by atoms with E-state index in [0.717, 1.165) is 50.0 Å². The summed E-state index contributed by atoms with van der Waals surface area (Å²) in [6.07, 6.45) is 4.47. The number of aromatic nitrogens is 2. The van der Waals surface area contributed by atoms with Crippen molar-refractivity contribution >= 4 is 17.5 Å². The van der Waals surface area contributed by atoms with Crippen molar-refractivity contribution in [3.63, 3.8) is 0 Å². The molecule has 0 bridgehead atoms. The molecule has 1 aromatic carbocycles. The third-order valence-corrected chi connectivity index (χ3v) is 6.31. The standard InChI is InChI=1S/C24H33N5O2/c1-5-31-19-7-8-21-20(15-19)18(2)16-24(3,4)29(21)22(30)17-27-11-13-28(14-12-27)23-25-9-6-10-26-23/h6-10,15,18H,5,11-14,16-17H2,1-4H3. The number of amides is 1. The van der Waals surface area contributed by atoms with Crippen molar-refractivity contribution in [3.8, 4) is 5.75 Å². The summed E-state index contributed by atoms with van der Waals surface area (Å²) >= 11 is 0. The van der Waals surface area contributed by atoms with Crippen molar-refractivity contribution < 1.29 is 9.53 Å². The van der Waals surface area contributed by atoms with Crippen LogP contribution in [0.15, 0.2) is 36.7 Å². The zero-order valence-corrected chi connectivity index (χ0v) is 19.0. The largest absolute Gasteiger partial charge is 0.494 e. The van der Waals surface area contributed by atoms with E-state index in [0.29, 0.717) is 19.1 Å². The minimum Gasteiger partial charge on any atom is -0.494 e. The van der Waals surface area contributed by atoms with Gasteiger partial charge in [0.15, 0.2) is 0 Å². The predicted octanol–water partition coefficient (Wildman–Crippen LogP) is 3.32. The van der Waals surface area contributed by atoms with E-state index in [9.17, 15) is 4.79 Å². The Hall–Kier alpha value is -2.67. The zero-order chi connectivity index (χ0) is 22.0. The molecule has 0 spiro atoms. The molecule has 166 valence electrons. The van der Waals surface area contributed by atoms with E-state index in [1.54, 1.807) is 12.4 Å². The maximum atomic E-state index is 13.5. The lowest BCUT2D eigenvalue weighted by molar-refractivity contribution is -0.121. The molecule has 31 heavy (non-hydrogen) atoms. The second-order valence-corrected chi connectivity index (χ2v) is 9.11. The molecule has 7 nitrogen and oxygen atoms in total. The average molecular weight is 424 g/mol. The third-order valence-electron chi connectivity index (χ3n) is 6.31. The first kappa shape index (κ1) is 21.6. The van der Waals surface area contributed by atoms with Gasteiger partial charge < -0.3 is 14.5 Å². The smallest absolute Gasteiger partial charge is 0.241 e. The molecule has 3 heterocycles. The molecule has 1 fully saturated rings. The van der Waals surface area contributed by atoms with Gasteiger partial charge in [-0.1, -0.05) is 6.92 Å². The highest BCUT2D eigenvalue weighted by Gasteiger charge is 2.40. The van der Waals surface area contributed by atoms with Gasteiger partial charge >= 0.3 is 0 Å². The molecule has 0 N–H and O–H groups in total. The third kappa shape index (κ3) is 4.51. The monoisotopic (exact) mass is 423 g/mol. The van der Waals surface area contributed by atoms with Gasteiger partial charge in [0.05, 0.1) is 13.2 Å². The maximum absolute atomic E-state index is 13.5. The van der Waals surface area contributed by atoms with Crippen LogP contribution in [0.5, 0.6) is 5.75 Å². The number of hydrogen-bond acceptors (Lipinski definition) is 6. The van der Waals surface area contributed by atoms with E-state index < -0.39 is 0 Å². The van der Waals surface area contributed by atoms with Crippen molar-refractivity contribution in [2.75, 3.05) is 49.1 Å². The van der Waals surface area contributed by atoms with Crippen LogP contribution in [-0.2, 0) is 4.79 Å². The van der Waals surface area contributed by atoms with E-state index in [-0.39, 0.29) is 11.4 Å². The molecular weight excluding hydrogens is 390 g/mol. The van der Waals surface area contributed by atoms with E-state index in [1.165, 1.54) is 5.56 Å². The number of nitrogens with zero attached hydrogens (tertiary/aromatic N) is 5. The van der Waals surface area contributed by atoms with E-state index in [2.05, 4.69) is 52.7 Å². The van der Waals surface area contributed by atoms with Crippen molar-refractivity contribution in [3.05, 3.63) is 42.2 Å². The quantitative estimate of drug-likeness (QED) is 0.735. The summed E-state index contributed by atoms with van der Waals surface area (Å²) in [5.74, 6) is 2.17. The number of fused-ring (bicyclic) bond motifs is 1. The Morgan fingerprint density at radius 1 is 1.16 bits per heavy atom. The molecule has 2 aromatic rings. The lowest BCUT2D eigenvalue weighted by Gasteiger charge is -2.47. The van der Waals surface area contributed by atoms with E-state index >= 15 is 0 Å². The number of benzene rings is 1. The molecule has 2 aliphatic rings. The summed E-state index contributed by atoms with van der Waals surface area (Å²) in [6, 6.07) is 7.97. The van der Waals surface area contributed by atoms with Crippen LogP contribution in [0, 0.1) is 0 Å².